The highest BCUT2D eigenvalue weighted by Gasteiger charge is 2.25. The molecular weight excluding hydrogens is 320 g/mol. The van der Waals surface area contributed by atoms with Crippen molar-refractivity contribution in [1.29, 1.82) is 0 Å². The molecule has 1 aliphatic rings. The van der Waals surface area contributed by atoms with Crippen LogP contribution >= 0.6 is 0 Å². The van der Waals surface area contributed by atoms with Crippen LogP contribution in [0.25, 0.3) is 0 Å². The van der Waals surface area contributed by atoms with Crippen molar-refractivity contribution in [2.45, 2.75) is 18.8 Å². The van der Waals surface area contributed by atoms with Gasteiger partial charge in [0.1, 0.15) is 0 Å². The van der Waals surface area contributed by atoms with Crippen molar-refractivity contribution in [3.05, 3.63) is 42.4 Å². The molecule has 0 saturated carbocycles. The van der Waals surface area contributed by atoms with E-state index in [1.807, 2.05) is 24.3 Å². The van der Waals surface area contributed by atoms with Crippen LogP contribution < -0.4 is 15.2 Å². The molecule has 2 N–H and O–H groups in total. The third kappa shape index (κ3) is 4.06. The summed E-state index contributed by atoms with van der Waals surface area (Å²) < 4.78 is 11.1. The second-order valence-electron chi connectivity index (χ2n) is 5.92. The van der Waals surface area contributed by atoms with Crippen LogP contribution in [-0.2, 0) is 4.79 Å². The zero-order valence-corrected chi connectivity index (χ0v) is 14.2. The molecule has 1 unspecified atom stereocenters. The van der Waals surface area contributed by atoms with Gasteiger partial charge < -0.3 is 20.1 Å². The molecule has 1 aliphatic heterocycles. The third-order valence-electron chi connectivity index (χ3n) is 4.28. The lowest BCUT2D eigenvalue weighted by molar-refractivity contribution is -0.130. The first-order chi connectivity index (χ1) is 12.2. The van der Waals surface area contributed by atoms with Crippen LogP contribution in [0.15, 0.2) is 36.7 Å². The lowest BCUT2D eigenvalue weighted by Gasteiger charge is -2.32. The molecule has 1 amide bonds. The minimum atomic E-state index is -0.0286. The molecule has 2 aromatic rings. The fourth-order valence-corrected chi connectivity index (χ4v) is 3.00. The van der Waals surface area contributed by atoms with E-state index in [9.17, 15) is 4.79 Å². The maximum Gasteiger partial charge on any atom is 0.238 e. The number of benzene rings is 1. The van der Waals surface area contributed by atoms with Crippen molar-refractivity contribution in [2.75, 3.05) is 26.7 Å². The van der Waals surface area contributed by atoms with Crippen molar-refractivity contribution >= 4 is 5.91 Å². The van der Waals surface area contributed by atoms with Crippen molar-refractivity contribution < 1.29 is 14.3 Å². The van der Waals surface area contributed by atoms with E-state index in [0.29, 0.717) is 23.9 Å². The molecule has 0 bridgehead atoms. The molecule has 132 valence electrons. The average Bonchev–Trinajstić information content (AvgIpc) is 2.68. The summed E-state index contributed by atoms with van der Waals surface area (Å²) in [7, 11) is 1.59. The maximum absolute atomic E-state index is 11.8. The van der Waals surface area contributed by atoms with E-state index in [2.05, 4.69) is 9.97 Å². The Morgan fingerprint density at radius 2 is 2.12 bits per heavy atom. The minimum Gasteiger partial charge on any atom is -0.493 e. The van der Waals surface area contributed by atoms with E-state index in [1.54, 1.807) is 24.4 Å². The molecule has 2 heterocycles. The number of carbonyl (C=O) groups excluding carboxylic acids is 1. The van der Waals surface area contributed by atoms with Crippen LogP contribution in [0, 0.1) is 0 Å². The number of likely N-dealkylation sites (tertiary alicyclic amines) is 1. The van der Waals surface area contributed by atoms with Gasteiger partial charge in [-0.2, -0.15) is 0 Å². The number of para-hydroxylation sites is 2. The molecule has 7 nitrogen and oxygen atoms in total. The number of amides is 1. The van der Waals surface area contributed by atoms with Crippen molar-refractivity contribution in [3.8, 4) is 17.4 Å². The van der Waals surface area contributed by atoms with Crippen molar-refractivity contribution in [1.82, 2.24) is 14.9 Å². The fraction of sp³-hybridized carbons (Fsp3) is 0.389. The quantitative estimate of drug-likeness (QED) is 0.893. The topological polar surface area (TPSA) is 90.6 Å². The summed E-state index contributed by atoms with van der Waals surface area (Å²) in [5.41, 5.74) is 6.29. The first-order valence-electron chi connectivity index (χ1n) is 8.32. The predicted molar refractivity (Wildman–Crippen MR) is 92.7 cm³/mol. The summed E-state index contributed by atoms with van der Waals surface area (Å²) in [6.07, 6.45) is 5.19. The summed E-state index contributed by atoms with van der Waals surface area (Å²) in [4.78, 5) is 22.5. The van der Waals surface area contributed by atoms with Crippen molar-refractivity contribution in [3.63, 3.8) is 0 Å². The second-order valence-corrected chi connectivity index (χ2v) is 5.92. The van der Waals surface area contributed by atoms with Gasteiger partial charge in [0.15, 0.2) is 11.5 Å². The van der Waals surface area contributed by atoms with Gasteiger partial charge in [-0.15, -0.1) is 0 Å². The van der Waals surface area contributed by atoms with Gasteiger partial charge >= 0.3 is 0 Å². The Labute approximate surface area is 146 Å². The summed E-state index contributed by atoms with van der Waals surface area (Å²) in [6.45, 7) is 1.40. The number of piperidine rings is 1. The molecule has 25 heavy (non-hydrogen) atoms. The lowest BCUT2D eigenvalue weighted by Crippen LogP contribution is -2.42. The second kappa shape index (κ2) is 7.94. The smallest absolute Gasteiger partial charge is 0.238 e. The first kappa shape index (κ1) is 17.2. The molecular formula is C18H22N4O3. The van der Waals surface area contributed by atoms with E-state index in [-0.39, 0.29) is 18.4 Å². The molecule has 3 rings (SSSR count). The lowest BCUT2D eigenvalue weighted by atomic mass is 9.95. The zero-order chi connectivity index (χ0) is 17.6. The van der Waals surface area contributed by atoms with Gasteiger partial charge in [-0.3, -0.25) is 9.78 Å². The van der Waals surface area contributed by atoms with E-state index < -0.39 is 0 Å². The van der Waals surface area contributed by atoms with E-state index >= 15 is 0 Å². The Morgan fingerprint density at radius 1 is 1.32 bits per heavy atom. The largest absolute Gasteiger partial charge is 0.493 e. The normalized spacial score (nSPS) is 17.2. The number of rotatable bonds is 5. The monoisotopic (exact) mass is 342 g/mol. The van der Waals surface area contributed by atoms with Gasteiger partial charge in [0.25, 0.3) is 0 Å². The molecule has 1 atom stereocenters. The maximum atomic E-state index is 11.8. The SMILES string of the molecule is COc1ccccc1Oc1cncc(C2CCCN(C(=O)CN)C2)n1. The zero-order valence-electron chi connectivity index (χ0n) is 14.2. The summed E-state index contributed by atoms with van der Waals surface area (Å²) in [6, 6.07) is 7.38. The molecule has 0 aliphatic carbocycles. The standard InChI is InChI=1S/C18H22N4O3/c1-24-15-6-2-3-7-16(15)25-17-11-20-10-14(21-17)13-5-4-8-22(12-13)18(23)9-19/h2-3,6-7,10-11,13H,4-5,8-9,12,19H2,1H3. The molecule has 1 aromatic heterocycles. The Balaban J connectivity index is 1.76. The van der Waals surface area contributed by atoms with E-state index in [4.69, 9.17) is 15.2 Å². The molecule has 1 saturated heterocycles. The van der Waals surface area contributed by atoms with Crippen LogP contribution in [-0.4, -0.2) is 47.5 Å². The Morgan fingerprint density at radius 3 is 2.88 bits per heavy atom. The Kier molecular flexibility index (Phi) is 5.45. The molecule has 0 radical (unpaired) electrons. The number of ether oxygens (including phenoxy) is 2. The number of carbonyl (C=O) groups is 1. The van der Waals surface area contributed by atoms with Gasteiger partial charge in [0.2, 0.25) is 11.8 Å². The highest BCUT2D eigenvalue weighted by molar-refractivity contribution is 5.78. The van der Waals surface area contributed by atoms with Gasteiger partial charge in [0.05, 0.1) is 25.5 Å². The Hall–Kier alpha value is -2.67. The number of hydrogen-bond donors (Lipinski definition) is 1. The molecule has 7 heteroatoms. The van der Waals surface area contributed by atoms with E-state index in [1.165, 1.54) is 0 Å². The van der Waals surface area contributed by atoms with Gasteiger partial charge in [0, 0.05) is 25.2 Å². The van der Waals surface area contributed by atoms with Crippen LogP contribution in [0.3, 0.4) is 0 Å². The highest BCUT2D eigenvalue weighted by Crippen LogP contribution is 2.31. The number of aromatic nitrogens is 2. The summed E-state index contributed by atoms with van der Waals surface area (Å²) in [5, 5.41) is 0. The van der Waals surface area contributed by atoms with Crippen LogP contribution in [0.1, 0.15) is 24.5 Å². The summed E-state index contributed by atoms with van der Waals surface area (Å²) in [5.74, 6) is 1.73. The fourth-order valence-electron chi connectivity index (χ4n) is 3.00. The third-order valence-corrected chi connectivity index (χ3v) is 4.28. The van der Waals surface area contributed by atoms with Crippen molar-refractivity contribution in [2.24, 2.45) is 5.73 Å². The molecule has 1 aromatic carbocycles. The van der Waals surface area contributed by atoms with Gasteiger partial charge in [-0.25, -0.2) is 4.98 Å². The number of nitrogens with zero attached hydrogens (tertiary/aromatic N) is 3. The van der Waals surface area contributed by atoms with E-state index in [0.717, 1.165) is 25.1 Å². The Bertz CT molecular complexity index is 738. The van der Waals surface area contributed by atoms with Crippen LogP contribution in [0.5, 0.6) is 17.4 Å². The van der Waals surface area contributed by atoms with Crippen LogP contribution in [0.2, 0.25) is 0 Å². The predicted octanol–water partition coefficient (Wildman–Crippen LogP) is 1.94. The highest BCUT2D eigenvalue weighted by atomic mass is 16.5. The average molecular weight is 342 g/mol. The number of methoxy groups -OCH3 is 1. The first-order valence-corrected chi connectivity index (χ1v) is 8.32. The number of hydrogen-bond acceptors (Lipinski definition) is 6. The van der Waals surface area contributed by atoms with Crippen LogP contribution in [0.4, 0.5) is 0 Å². The minimum absolute atomic E-state index is 0.0286. The van der Waals surface area contributed by atoms with Gasteiger partial charge in [-0.1, -0.05) is 12.1 Å². The molecule has 1 fully saturated rings. The summed E-state index contributed by atoms with van der Waals surface area (Å²) >= 11 is 0. The number of nitrogens with two attached hydrogens (primary N) is 1. The molecule has 0 spiro atoms. The van der Waals surface area contributed by atoms with Gasteiger partial charge in [-0.05, 0) is 25.0 Å².